The first-order valence-electron chi connectivity index (χ1n) is 12.6. The van der Waals surface area contributed by atoms with E-state index in [0.717, 1.165) is 18.4 Å². The van der Waals surface area contributed by atoms with Crippen LogP contribution in [0.3, 0.4) is 0 Å². The van der Waals surface area contributed by atoms with Crippen LogP contribution in [-0.4, -0.2) is 65.8 Å². The number of sulfone groups is 1. The first-order valence-corrected chi connectivity index (χ1v) is 17.8. The second-order valence-corrected chi connectivity index (χ2v) is 14.7. The number of benzene rings is 4. The molecule has 0 amide bonds. The van der Waals surface area contributed by atoms with Gasteiger partial charge >= 0.3 is 0 Å². The van der Waals surface area contributed by atoms with Crippen LogP contribution < -0.4 is 10.6 Å². The predicted octanol–water partition coefficient (Wildman–Crippen LogP) is 4.89. The number of rotatable bonds is 9. The Morgan fingerprint density at radius 3 is 1.98 bits per heavy atom. The summed E-state index contributed by atoms with van der Waals surface area (Å²) in [5.74, 6) is -2.02. The largest absolute Gasteiger partial charge is 0.505 e. The highest BCUT2D eigenvalue weighted by atomic mass is 35.5. The van der Waals surface area contributed by atoms with Crippen LogP contribution in [-0.2, 0) is 30.1 Å². The molecule has 17 nitrogen and oxygen atoms in total. The number of halogens is 1. The summed E-state index contributed by atoms with van der Waals surface area (Å²) in [6.45, 7) is 0. The van der Waals surface area contributed by atoms with Crippen LogP contribution in [0.2, 0.25) is 5.28 Å². The number of anilines is 4. The third kappa shape index (κ3) is 7.53. The Morgan fingerprint density at radius 1 is 0.723 bits per heavy atom. The Morgan fingerprint density at radius 2 is 1.36 bits per heavy atom. The van der Waals surface area contributed by atoms with Crippen molar-refractivity contribution >= 4 is 87.1 Å². The zero-order valence-electron chi connectivity index (χ0n) is 23.4. The molecule has 0 aliphatic heterocycles. The van der Waals surface area contributed by atoms with E-state index >= 15 is 0 Å². The van der Waals surface area contributed by atoms with Gasteiger partial charge in [0.05, 0.1) is 15.5 Å². The Hall–Kier alpha value is -4.99. The summed E-state index contributed by atoms with van der Waals surface area (Å²) in [4.78, 5) is 10.3. The van der Waals surface area contributed by atoms with Crippen molar-refractivity contribution in [1.82, 2.24) is 15.0 Å². The summed E-state index contributed by atoms with van der Waals surface area (Å²) in [6, 6.07) is 14.0. The molecule has 0 fully saturated rings. The lowest BCUT2D eigenvalue weighted by Crippen LogP contribution is -2.05. The molecule has 244 valence electrons. The molecule has 0 radical (unpaired) electrons. The molecule has 0 bridgehead atoms. The lowest BCUT2D eigenvalue weighted by Gasteiger charge is -2.12. The topological polar surface area (TPSA) is 271 Å². The number of hydrogen-bond acceptors (Lipinski definition) is 15. The Bertz CT molecular complexity index is 2430. The van der Waals surface area contributed by atoms with E-state index < -0.39 is 68.4 Å². The molecule has 21 heteroatoms. The van der Waals surface area contributed by atoms with E-state index in [1.54, 1.807) is 12.1 Å². The fraction of sp³-hybridized carbons (Fsp3) is 0.0385. The molecule has 1 aromatic heterocycles. The van der Waals surface area contributed by atoms with Gasteiger partial charge in [-0.15, -0.1) is 10.2 Å². The highest BCUT2D eigenvalue weighted by molar-refractivity contribution is 7.90. The maximum atomic E-state index is 12.1. The highest BCUT2D eigenvalue weighted by Crippen LogP contribution is 2.43. The lowest BCUT2D eigenvalue weighted by atomic mass is 10.1. The molecule has 0 aliphatic carbocycles. The summed E-state index contributed by atoms with van der Waals surface area (Å²) in [7, 11) is -13.4. The maximum Gasteiger partial charge on any atom is 0.296 e. The highest BCUT2D eigenvalue weighted by Gasteiger charge is 2.23. The third-order valence-corrected chi connectivity index (χ3v) is 9.25. The van der Waals surface area contributed by atoms with Crippen LogP contribution in [0.1, 0.15) is 0 Å². The second kappa shape index (κ2) is 12.3. The minimum absolute atomic E-state index is 0.0614. The van der Waals surface area contributed by atoms with Crippen LogP contribution in [0.25, 0.3) is 10.8 Å². The van der Waals surface area contributed by atoms with E-state index in [1.165, 1.54) is 36.4 Å². The second-order valence-electron chi connectivity index (χ2n) is 9.58. The van der Waals surface area contributed by atoms with E-state index in [1.807, 2.05) is 0 Å². The zero-order chi connectivity index (χ0) is 34.3. The van der Waals surface area contributed by atoms with Crippen molar-refractivity contribution in [2.45, 2.75) is 14.7 Å². The van der Waals surface area contributed by atoms with E-state index in [9.17, 15) is 44.6 Å². The summed E-state index contributed by atoms with van der Waals surface area (Å²) >= 11 is 6.02. The summed E-state index contributed by atoms with van der Waals surface area (Å²) in [6.07, 6.45) is 1.04. The summed E-state index contributed by atoms with van der Waals surface area (Å²) in [5.41, 5.74) is -1.49. The van der Waals surface area contributed by atoms with Gasteiger partial charge in [-0.2, -0.15) is 31.8 Å². The number of phenols is 2. The Kier molecular flexibility index (Phi) is 8.75. The number of aromatic hydroxyl groups is 2. The van der Waals surface area contributed by atoms with Gasteiger partial charge in [0, 0.05) is 17.3 Å². The third-order valence-electron chi connectivity index (χ3n) is 6.25. The molecule has 0 spiro atoms. The molecule has 0 unspecified atom stereocenters. The number of phenolic OH excluding ortho intramolecular Hbond substituents is 2. The molecule has 5 rings (SSSR count). The predicted molar refractivity (Wildman–Crippen MR) is 168 cm³/mol. The van der Waals surface area contributed by atoms with Crippen molar-refractivity contribution in [3.05, 3.63) is 72.0 Å². The standard InChI is InChI=1S/C26H20ClN7O10S3/c1-45(37,38)15-8-6-14(7-9-15)28-25-30-24(27)31-26(32-25)29-18-11-16(46(39,40)41)12-19(23(18)36)33-34-21-20(47(42,43)44)10-13-4-2-3-5-17(13)22(21)35/h2-12,35-36H,1H3,(H,39,40,41)(H,42,43,44)(H2,28,29,30,31,32). The van der Waals surface area contributed by atoms with Crippen molar-refractivity contribution in [3.8, 4) is 11.5 Å². The van der Waals surface area contributed by atoms with Crippen molar-refractivity contribution < 1.29 is 44.6 Å². The molecular weight excluding hydrogens is 702 g/mol. The van der Waals surface area contributed by atoms with Crippen LogP contribution in [0.4, 0.5) is 34.6 Å². The first-order chi connectivity index (χ1) is 21.9. The Labute approximate surface area is 271 Å². The van der Waals surface area contributed by atoms with Crippen LogP contribution in [0.15, 0.2) is 91.6 Å². The summed E-state index contributed by atoms with van der Waals surface area (Å²) < 4.78 is 91.3. The number of nitrogens with zero attached hydrogens (tertiary/aromatic N) is 5. The van der Waals surface area contributed by atoms with Crippen molar-refractivity contribution in [1.29, 1.82) is 0 Å². The molecule has 4 aromatic carbocycles. The molecule has 5 aromatic rings. The van der Waals surface area contributed by atoms with Crippen molar-refractivity contribution in [3.63, 3.8) is 0 Å². The SMILES string of the molecule is CS(=O)(=O)c1ccc(Nc2nc(Cl)nc(Nc3cc(S(=O)(=O)O)cc(N=Nc4c(S(=O)(=O)O)cc5ccccc5c4O)c3O)n2)cc1. The van der Waals surface area contributed by atoms with Crippen molar-refractivity contribution in [2.24, 2.45) is 10.2 Å². The van der Waals surface area contributed by atoms with Gasteiger partial charge in [0.2, 0.25) is 17.2 Å². The van der Waals surface area contributed by atoms with E-state index in [2.05, 4.69) is 35.8 Å². The average Bonchev–Trinajstić information content (AvgIpc) is 2.96. The lowest BCUT2D eigenvalue weighted by molar-refractivity contribution is 0.471. The quantitative estimate of drug-likeness (QED) is 0.0672. The van der Waals surface area contributed by atoms with Crippen LogP contribution >= 0.6 is 11.6 Å². The van der Waals surface area contributed by atoms with Gasteiger partial charge in [0.1, 0.15) is 16.3 Å². The minimum atomic E-state index is -4.97. The fourth-order valence-corrected chi connectivity index (χ4v) is 6.08. The number of fused-ring (bicyclic) bond motifs is 1. The first kappa shape index (κ1) is 33.4. The molecule has 47 heavy (non-hydrogen) atoms. The smallest absolute Gasteiger partial charge is 0.296 e. The molecule has 0 atom stereocenters. The maximum absolute atomic E-state index is 12.1. The zero-order valence-corrected chi connectivity index (χ0v) is 26.6. The van der Waals surface area contributed by atoms with Crippen LogP contribution in [0, 0.1) is 0 Å². The van der Waals surface area contributed by atoms with E-state index in [4.69, 9.17) is 11.6 Å². The summed E-state index contributed by atoms with van der Waals surface area (Å²) in [5, 5.41) is 34.4. The normalized spacial score (nSPS) is 12.4. The van der Waals surface area contributed by atoms with Gasteiger partial charge in [0.15, 0.2) is 21.3 Å². The Balaban J connectivity index is 1.55. The minimum Gasteiger partial charge on any atom is -0.505 e. The van der Waals surface area contributed by atoms with Crippen molar-refractivity contribution in [2.75, 3.05) is 16.9 Å². The van der Waals surface area contributed by atoms with E-state index in [-0.39, 0.29) is 32.8 Å². The molecule has 0 saturated carbocycles. The van der Waals surface area contributed by atoms with Gasteiger partial charge in [-0.3, -0.25) is 9.11 Å². The average molecular weight is 722 g/mol. The molecule has 6 N–H and O–H groups in total. The van der Waals surface area contributed by atoms with Gasteiger partial charge in [0.25, 0.3) is 20.2 Å². The molecule has 0 aliphatic rings. The van der Waals surface area contributed by atoms with Gasteiger partial charge < -0.3 is 20.8 Å². The number of azo groups is 1. The van der Waals surface area contributed by atoms with Gasteiger partial charge in [-0.1, -0.05) is 24.3 Å². The number of aromatic nitrogens is 3. The number of hydrogen-bond donors (Lipinski definition) is 6. The van der Waals surface area contributed by atoms with Crippen LogP contribution in [0.5, 0.6) is 11.5 Å². The fourth-order valence-electron chi connectivity index (χ4n) is 4.10. The van der Waals surface area contributed by atoms with Gasteiger partial charge in [-0.25, -0.2) is 8.42 Å². The van der Waals surface area contributed by atoms with Gasteiger partial charge in [-0.05, 0) is 59.5 Å². The monoisotopic (exact) mass is 721 g/mol. The molecular formula is C26H20ClN7O10S3. The number of nitrogens with one attached hydrogen (secondary N) is 2. The molecule has 1 heterocycles. The molecule has 0 saturated heterocycles. The van der Waals surface area contributed by atoms with E-state index in [0.29, 0.717) is 11.8 Å².